The smallest absolute Gasteiger partial charge is 0.281 e. The topological polar surface area (TPSA) is 57.7 Å². The molecule has 2 heterocycles. The van der Waals surface area contributed by atoms with Crippen molar-refractivity contribution in [2.45, 2.75) is 26.2 Å². The first-order chi connectivity index (χ1) is 7.51. The van der Waals surface area contributed by atoms with Gasteiger partial charge in [-0.25, -0.2) is 0 Å². The summed E-state index contributed by atoms with van der Waals surface area (Å²) >= 11 is 0. The van der Waals surface area contributed by atoms with E-state index < -0.39 is 10.2 Å². The van der Waals surface area contributed by atoms with Gasteiger partial charge in [0.05, 0.1) is 0 Å². The molecule has 0 N–H and O–H groups in total. The molecular weight excluding hydrogens is 228 g/mol. The van der Waals surface area contributed by atoms with Gasteiger partial charge in [0.25, 0.3) is 10.2 Å². The van der Waals surface area contributed by atoms with E-state index in [9.17, 15) is 13.2 Å². The maximum atomic E-state index is 12.1. The second-order valence-corrected chi connectivity index (χ2v) is 6.50. The number of rotatable bonds is 3. The van der Waals surface area contributed by atoms with Crippen molar-refractivity contribution < 1.29 is 13.2 Å². The first-order valence-corrected chi connectivity index (χ1v) is 7.17. The fourth-order valence-electron chi connectivity index (χ4n) is 2.35. The van der Waals surface area contributed by atoms with Crippen molar-refractivity contribution in [1.82, 2.24) is 8.61 Å². The van der Waals surface area contributed by atoms with Crippen LogP contribution in [-0.4, -0.2) is 49.0 Å². The molecule has 0 saturated carbocycles. The highest BCUT2D eigenvalue weighted by Gasteiger charge is 2.37. The van der Waals surface area contributed by atoms with Crippen LogP contribution in [-0.2, 0) is 15.0 Å². The Morgan fingerprint density at radius 3 is 2.25 bits per heavy atom. The molecule has 2 fully saturated rings. The summed E-state index contributed by atoms with van der Waals surface area (Å²) in [5.41, 5.74) is 0. The molecule has 6 heteroatoms. The van der Waals surface area contributed by atoms with Gasteiger partial charge in [0, 0.05) is 32.1 Å². The van der Waals surface area contributed by atoms with E-state index in [0.717, 1.165) is 12.8 Å². The lowest BCUT2D eigenvalue weighted by Gasteiger charge is -2.23. The molecule has 0 radical (unpaired) electrons. The lowest BCUT2D eigenvalue weighted by molar-refractivity contribution is -0.120. The van der Waals surface area contributed by atoms with Gasteiger partial charge in [-0.3, -0.25) is 4.79 Å². The summed E-state index contributed by atoms with van der Waals surface area (Å²) in [5.74, 6) is -0.00324. The van der Waals surface area contributed by atoms with Gasteiger partial charge >= 0.3 is 0 Å². The van der Waals surface area contributed by atoms with Crippen LogP contribution in [0.25, 0.3) is 0 Å². The van der Waals surface area contributed by atoms with Crippen LogP contribution < -0.4 is 0 Å². The average molecular weight is 246 g/mol. The molecule has 92 valence electrons. The van der Waals surface area contributed by atoms with Gasteiger partial charge in [0.1, 0.15) is 5.78 Å². The zero-order valence-electron chi connectivity index (χ0n) is 9.55. The van der Waals surface area contributed by atoms with Crippen molar-refractivity contribution >= 4 is 16.0 Å². The second kappa shape index (κ2) is 4.43. The van der Waals surface area contributed by atoms with Gasteiger partial charge in [-0.05, 0) is 26.2 Å². The van der Waals surface area contributed by atoms with Crippen molar-refractivity contribution in [2.75, 3.05) is 26.2 Å². The Balaban J connectivity index is 2.05. The number of ketones is 1. The first kappa shape index (κ1) is 12.0. The van der Waals surface area contributed by atoms with Gasteiger partial charge < -0.3 is 0 Å². The molecule has 2 rings (SSSR count). The summed E-state index contributed by atoms with van der Waals surface area (Å²) in [5, 5.41) is 0. The number of Topliss-reactive ketones (excluding diaryl/α,β-unsaturated/α-hetero) is 1. The zero-order chi connectivity index (χ0) is 11.8. The van der Waals surface area contributed by atoms with E-state index in [1.807, 2.05) is 0 Å². The Labute approximate surface area is 96.6 Å². The molecule has 2 aliphatic heterocycles. The van der Waals surface area contributed by atoms with Gasteiger partial charge in [0.15, 0.2) is 0 Å². The van der Waals surface area contributed by atoms with Crippen LogP contribution in [0.2, 0.25) is 0 Å². The Morgan fingerprint density at radius 1 is 1.12 bits per heavy atom. The highest BCUT2D eigenvalue weighted by molar-refractivity contribution is 7.86. The monoisotopic (exact) mass is 246 g/mol. The van der Waals surface area contributed by atoms with E-state index >= 15 is 0 Å². The van der Waals surface area contributed by atoms with Crippen LogP contribution in [0.15, 0.2) is 0 Å². The van der Waals surface area contributed by atoms with Gasteiger partial charge in [-0.15, -0.1) is 0 Å². The van der Waals surface area contributed by atoms with E-state index in [0.29, 0.717) is 32.6 Å². The molecule has 0 bridgehead atoms. The maximum absolute atomic E-state index is 12.1. The summed E-state index contributed by atoms with van der Waals surface area (Å²) in [6.45, 7) is 3.65. The molecular formula is C10H18N2O3S. The lowest BCUT2D eigenvalue weighted by atomic mass is 10.1. The van der Waals surface area contributed by atoms with Gasteiger partial charge in [0.2, 0.25) is 0 Å². The van der Waals surface area contributed by atoms with Crippen LogP contribution in [0.4, 0.5) is 0 Å². The lowest BCUT2D eigenvalue weighted by Crippen LogP contribution is -2.41. The Morgan fingerprint density at radius 2 is 1.75 bits per heavy atom. The van der Waals surface area contributed by atoms with E-state index in [1.165, 1.54) is 15.5 Å². The zero-order valence-corrected chi connectivity index (χ0v) is 10.4. The summed E-state index contributed by atoms with van der Waals surface area (Å²) in [7, 11) is -3.29. The largest absolute Gasteiger partial charge is 0.300 e. The number of hydrogen-bond donors (Lipinski definition) is 0. The molecule has 0 aliphatic carbocycles. The minimum Gasteiger partial charge on any atom is -0.300 e. The van der Waals surface area contributed by atoms with E-state index in [4.69, 9.17) is 0 Å². The highest BCUT2D eigenvalue weighted by Crippen LogP contribution is 2.24. The van der Waals surface area contributed by atoms with Crippen LogP contribution >= 0.6 is 0 Å². The van der Waals surface area contributed by atoms with Crippen molar-refractivity contribution in [2.24, 2.45) is 5.92 Å². The molecule has 16 heavy (non-hydrogen) atoms. The fourth-order valence-corrected chi connectivity index (χ4v) is 4.10. The fraction of sp³-hybridized carbons (Fsp3) is 0.900. The Kier molecular flexibility index (Phi) is 3.32. The normalized spacial score (nSPS) is 28.7. The SMILES string of the molecule is CC(=O)[C@H]1CCN(S(=O)(=O)N2CCCC2)C1. The predicted molar refractivity (Wildman–Crippen MR) is 60.1 cm³/mol. The van der Waals surface area contributed by atoms with Crippen molar-refractivity contribution in [3.63, 3.8) is 0 Å². The Hall–Kier alpha value is -0.460. The minimum absolute atomic E-state index is 0.0964. The molecule has 1 atom stereocenters. The van der Waals surface area contributed by atoms with Crippen molar-refractivity contribution in [1.29, 1.82) is 0 Å². The van der Waals surface area contributed by atoms with Crippen LogP contribution in [0.5, 0.6) is 0 Å². The molecule has 0 amide bonds. The van der Waals surface area contributed by atoms with Crippen molar-refractivity contribution in [3.05, 3.63) is 0 Å². The van der Waals surface area contributed by atoms with Crippen LogP contribution in [0.3, 0.4) is 0 Å². The average Bonchev–Trinajstić information content (AvgIpc) is 2.90. The third-order valence-electron chi connectivity index (χ3n) is 3.44. The van der Waals surface area contributed by atoms with Crippen LogP contribution in [0, 0.1) is 5.92 Å². The molecule has 0 unspecified atom stereocenters. The molecule has 0 aromatic heterocycles. The third-order valence-corrected chi connectivity index (χ3v) is 5.45. The standard InChI is InChI=1S/C10H18N2O3S/c1-9(13)10-4-7-12(8-10)16(14,15)11-5-2-3-6-11/h10H,2-8H2,1H3/t10-/m0/s1. The Bertz CT molecular complexity index is 374. The molecule has 5 nitrogen and oxygen atoms in total. The third kappa shape index (κ3) is 2.14. The van der Waals surface area contributed by atoms with E-state index in [-0.39, 0.29) is 11.7 Å². The first-order valence-electron chi connectivity index (χ1n) is 5.77. The van der Waals surface area contributed by atoms with Crippen LogP contribution in [0.1, 0.15) is 26.2 Å². The number of hydrogen-bond acceptors (Lipinski definition) is 3. The van der Waals surface area contributed by atoms with Crippen molar-refractivity contribution in [3.8, 4) is 0 Å². The highest BCUT2D eigenvalue weighted by atomic mass is 32.2. The quantitative estimate of drug-likeness (QED) is 0.716. The number of nitrogens with zero attached hydrogens (tertiary/aromatic N) is 2. The van der Waals surface area contributed by atoms with E-state index in [1.54, 1.807) is 0 Å². The molecule has 0 aromatic carbocycles. The number of carbonyl (C=O) groups excluding carboxylic acids is 1. The summed E-state index contributed by atoms with van der Waals surface area (Å²) < 4.78 is 27.3. The summed E-state index contributed by atoms with van der Waals surface area (Å²) in [6.07, 6.45) is 2.56. The van der Waals surface area contributed by atoms with E-state index in [2.05, 4.69) is 0 Å². The summed E-state index contributed by atoms with van der Waals surface area (Å²) in [6, 6.07) is 0. The van der Waals surface area contributed by atoms with Gasteiger partial charge in [-0.1, -0.05) is 0 Å². The van der Waals surface area contributed by atoms with Gasteiger partial charge in [-0.2, -0.15) is 17.0 Å². The molecule has 2 aliphatic rings. The number of carbonyl (C=O) groups is 1. The summed E-state index contributed by atoms with van der Waals surface area (Å²) in [4.78, 5) is 11.2. The molecule has 0 spiro atoms. The maximum Gasteiger partial charge on any atom is 0.281 e. The second-order valence-electron chi connectivity index (χ2n) is 4.57. The molecule has 0 aromatic rings. The minimum atomic E-state index is -3.29. The molecule has 2 saturated heterocycles. The predicted octanol–water partition coefficient (Wildman–Crippen LogP) is 0.238.